The van der Waals surface area contributed by atoms with Gasteiger partial charge in [0.2, 0.25) is 5.91 Å². The van der Waals surface area contributed by atoms with Crippen molar-refractivity contribution in [3.05, 3.63) is 58.6 Å². The van der Waals surface area contributed by atoms with Gasteiger partial charge in [-0.15, -0.1) is 0 Å². The van der Waals surface area contributed by atoms with Gasteiger partial charge in [0, 0.05) is 27.1 Å². The minimum atomic E-state index is -0.207. The Morgan fingerprint density at radius 1 is 1.12 bits per heavy atom. The van der Waals surface area contributed by atoms with E-state index in [2.05, 4.69) is 38.1 Å². The summed E-state index contributed by atoms with van der Waals surface area (Å²) in [5.74, 6) is 0.444. The highest BCUT2D eigenvalue weighted by Gasteiger charge is 2.23. The fourth-order valence-electron chi connectivity index (χ4n) is 4.14. The lowest BCUT2D eigenvalue weighted by atomic mass is 9.96. The standard InChI is InChI=1S/C26H33ClIN3O2/c1-26(2,3)30-24(32)17-31-12-10-18(11-13-31)16-29-25(33)20-7-4-6-19(14-20)21-8-5-9-23(27)22(21)15-28/h4-9,14,18H,10-13,15-17H2,1-3H3,(H,29,33)(H,30,32). The number of alkyl halides is 1. The van der Waals surface area contributed by atoms with Crippen molar-refractivity contribution in [2.75, 3.05) is 26.2 Å². The van der Waals surface area contributed by atoms with Gasteiger partial charge in [0.1, 0.15) is 0 Å². The van der Waals surface area contributed by atoms with E-state index in [1.807, 2.05) is 63.2 Å². The van der Waals surface area contributed by atoms with E-state index in [1.165, 1.54) is 0 Å². The van der Waals surface area contributed by atoms with E-state index >= 15 is 0 Å². The van der Waals surface area contributed by atoms with Crippen LogP contribution in [-0.4, -0.2) is 48.4 Å². The molecule has 7 heteroatoms. The molecule has 1 heterocycles. The maximum absolute atomic E-state index is 12.8. The number of piperidine rings is 1. The zero-order valence-corrected chi connectivity index (χ0v) is 22.5. The Kier molecular flexibility index (Phi) is 9.18. The first-order valence-electron chi connectivity index (χ1n) is 11.4. The quantitative estimate of drug-likeness (QED) is 0.345. The van der Waals surface area contributed by atoms with Crippen molar-refractivity contribution < 1.29 is 9.59 Å². The molecule has 0 saturated carbocycles. The molecule has 1 aliphatic heterocycles. The molecule has 0 atom stereocenters. The van der Waals surface area contributed by atoms with E-state index in [0.29, 0.717) is 24.6 Å². The number of nitrogens with one attached hydrogen (secondary N) is 2. The topological polar surface area (TPSA) is 61.4 Å². The molecule has 0 aliphatic carbocycles. The Morgan fingerprint density at radius 3 is 2.48 bits per heavy atom. The number of benzene rings is 2. The van der Waals surface area contributed by atoms with Gasteiger partial charge in [-0.05, 0) is 87.5 Å². The van der Waals surface area contributed by atoms with Gasteiger partial charge in [-0.25, -0.2) is 0 Å². The molecule has 0 unspecified atom stereocenters. The lowest BCUT2D eigenvalue weighted by Gasteiger charge is -2.32. The Hall–Kier alpha value is -1.64. The third-order valence-electron chi connectivity index (χ3n) is 5.83. The van der Waals surface area contributed by atoms with Crippen LogP contribution in [0.15, 0.2) is 42.5 Å². The third-order valence-corrected chi connectivity index (χ3v) is 6.95. The van der Waals surface area contributed by atoms with Crippen molar-refractivity contribution in [2.24, 2.45) is 5.92 Å². The van der Waals surface area contributed by atoms with Crippen LogP contribution in [0, 0.1) is 5.92 Å². The molecule has 3 rings (SSSR count). The summed E-state index contributed by atoms with van der Waals surface area (Å²) in [4.78, 5) is 27.2. The Morgan fingerprint density at radius 2 is 1.82 bits per heavy atom. The summed E-state index contributed by atoms with van der Waals surface area (Å²) in [6, 6.07) is 13.6. The summed E-state index contributed by atoms with van der Waals surface area (Å²) < 4.78 is 0.805. The van der Waals surface area contributed by atoms with Crippen LogP contribution in [0.25, 0.3) is 11.1 Å². The predicted molar refractivity (Wildman–Crippen MR) is 144 cm³/mol. The van der Waals surface area contributed by atoms with Crippen LogP contribution in [0.1, 0.15) is 49.5 Å². The number of hydrogen-bond donors (Lipinski definition) is 2. The van der Waals surface area contributed by atoms with Gasteiger partial charge < -0.3 is 10.6 Å². The lowest BCUT2D eigenvalue weighted by Crippen LogP contribution is -2.48. The second-order valence-corrected chi connectivity index (χ2v) is 10.9. The maximum Gasteiger partial charge on any atom is 0.251 e. The molecule has 2 N–H and O–H groups in total. The molecule has 5 nitrogen and oxygen atoms in total. The van der Waals surface area contributed by atoms with E-state index < -0.39 is 0 Å². The maximum atomic E-state index is 12.8. The number of carbonyl (C=O) groups is 2. The van der Waals surface area contributed by atoms with Crippen LogP contribution in [0.3, 0.4) is 0 Å². The minimum absolute atomic E-state index is 0.0538. The average molecular weight is 582 g/mol. The van der Waals surface area contributed by atoms with Gasteiger partial charge in [-0.3, -0.25) is 14.5 Å². The van der Waals surface area contributed by atoms with E-state index in [0.717, 1.165) is 52.1 Å². The zero-order chi connectivity index (χ0) is 24.0. The summed E-state index contributed by atoms with van der Waals surface area (Å²) >= 11 is 8.69. The summed E-state index contributed by atoms with van der Waals surface area (Å²) in [6.07, 6.45) is 1.95. The average Bonchev–Trinajstić information content (AvgIpc) is 2.77. The van der Waals surface area contributed by atoms with E-state index in [-0.39, 0.29) is 17.4 Å². The van der Waals surface area contributed by atoms with Gasteiger partial charge in [-0.2, -0.15) is 0 Å². The summed E-state index contributed by atoms with van der Waals surface area (Å²) in [6.45, 7) is 8.82. The number of hydrogen-bond acceptors (Lipinski definition) is 3. The highest BCUT2D eigenvalue weighted by atomic mass is 127. The van der Waals surface area contributed by atoms with Crippen LogP contribution < -0.4 is 10.6 Å². The van der Waals surface area contributed by atoms with Crippen LogP contribution >= 0.6 is 34.2 Å². The van der Waals surface area contributed by atoms with Gasteiger partial charge >= 0.3 is 0 Å². The number of amides is 2. The molecule has 0 aromatic heterocycles. The molecule has 0 spiro atoms. The molecule has 178 valence electrons. The van der Waals surface area contributed by atoms with Crippen molar-refractivity contribution in [2.45, 2.75) is 43.6 Å². The molecular weight excluding hydrogens is 549 g/mol. The van der Waals surface area contributed by atoms with Gasteiger partial charge in [0.15, 0.2) is 0 Å². The molecule has 2 aromatic carbocycles. The normalized spacial score (nSPS) is 15.3. The molecule has 2 aromatic rings. The smallest absolute Gasteiger partial charge is 0.251 e. The van der Waals surface area contributed by atoms with Crippen LogP contribution in [-0.2, 0) is 9.22 Å². The fraction of sp³-hybridized carbons (Fsp3) is 0.462. The van der Waals surface area contributed by atoms with Crippen LogP contribution in [0.5, 0.6) is 0 Å². The molecule has 1 fully saturated rings. The molecule has 2 amide bonds. The molecule has 1 aliphatic rings. The molecule has 0 bridgehead atoms. The first-order valence-corrected chi connectivity index (χ1v) is 13.3. The summed E-state index contributed by atoms with van der Waals surface area (Å²) in [5, 5.41) is 6.88. The molecule has 33 heavy (non-hydrogen) atoms. The lowest BCUT2D eigenvalue weighted by molar-refractivity contribution is -0.124. The number of carbonyl (C=O) groups excluding carboxylic acids is 2. The first kappa shape index (κ1) is 26.0. The predicted octanol–water partition coefficient (Wildman–Crippen LogP) is 5.30. The molecule has 0 radical (unpaired) electrons. The van der Waals surface area contributed by atoms with Gasteiger partial charge in [-0.1, -0.05) is 58.5 Å². The second-order valence-electron chi connectivity index (χ2n) is 9.71. The first-order chi connectivity index (χ1) is 15.7. The van der Waals surface area contributed by atoms with E-state index in [4.69, 9.17) is 11.6 Å². The Balaban J connectivity index is 1.52. The van der Waals surface area contributed by atoms with Crippen molar-refractivity contribution in [3.63, 3.8) is 0 Å². The summed E-state index contributed by atoms with van der Waals surface area (Å²) in [5.41, 5.74) is 3.60. The van der Waals surface area contributed by atoms with Crippen molar-refractivity contribution in [1.29, 1.82) is 0 Å². The van der Waals surface area contributed by atoms with Gasteiger partial charge in [0.05, 0.1) is 6.54 Å². The largest absolute Gasteiger partial charge is 0.352 e. The monoisotopic (exact) mass is 581 g/mol. The third kappa shape index (κ3) is 7.69. The van der Waals surface area contributed by atoms with Gasteiger partial charge in [0.25, 0.3) is 5.91 Å². The highest BCUT2D eigenvalue weighted by Crippen LogP contribution is 2.31. The van der Waals surface area contributed by atoms with E-state index in [1.54, 1.807) is 0 Å². The second kappa shape index (κ2) is 11.7. The fourth-order valence-corrected chi connectivity index (χ4v) is 5.43. The number of nitrogens with zero attached hydrogens (tertiary/aromatic N) is 1. The van der Waals surface area contributed by atoms with Crippen molar-refractivity contribution in [3.8, 4) is 11.1 Å². The Labute approximate surface area is 215 Å². The number of rotatable bonds is 7. The number of likely N-dealkylation sites (tertiary alicyclic amines) is 1. The highest BCUT2D eigenvalue weighted by molar-refractivity contribution is 14.1. The number of halogens is 2. The van der Waals surface area contributed by atoms with Crippen LogP contribution in [0.4, 0.5) is 0 Å². The van der Waals surface area contributed by atoms with Crippen molar-refractivity contribution in [1.82, 2.24) is 15.5 Å². The van der Waals surface area contributed by atoms with Crippen LogP contribution in [0.2, 0.25) is 5.02 Å². The van der Waals surface area contributed by atoms with E-state index in [9.17, 15) is 9.59 Å². The SMILES string of the molecule is CC(C)(C)NC(=O)CN1CCC(CNC(=O)c2cccc(-c3cccc(Cl)c3CI)c2)CC1. The summed E-state index contributed by atoms with van der Waals surface area (Å²) in [7, 11) is 0. The Bertz CT molecular complexity index is 982. The van der Waals surface area contributed by atoms with Crippen molar-refractivity contribution >= 4 is 46.0 Å². The minimum Gasteiger partial charge on any atom is -0.352 e. The molecular formula is C26H33ClIN3O2. The zero-order valence-electron chi connectivity index (χ0n) is 19.6. The molecule has 1 saturated heterocycles.